The molecule has 3 aromatic rings. The first-order chi connectivity index (χ1) is 13.9. The van der Waals surface area contributed by atoms with Crippen LogP contribution in [-0.4, -0.2) is 16.9 Å². The minimum absolute atomic E-state index is 0.106. The van der Waals surface area contributed by atoms with Gasteiger partial charge < -0.3 is 10.6 Å². The molecule has 0 aromatic heterocycles. The third-order valence-electron chi connectivity index (χ3n) is 3.82. The molecule has 8 heteroatoms. The molecule has 0 aliphatic heterocycles. The SMILES string of the molecule is O=C(NC(=S)Nc1cccc(C(=O)Nc2ccc(F)cc2)c1)c1ccc(Br)cc1. The van der Waals surface area contributed by atoms with E-state index in [0.717, 1.165) is 4.47 Å². The summed E-state index contributed by atoms with van der Waals surface area (Å²) in [6, 6.07) is 19.0. The van der Waals surface area contributed by atoms with Gasteiger partial charge in [-0.1, -0.05) is 22.0 Å². The maximum Gasteiger partial charge on any atom is 0.257 e. The minimum Gasteiger partial charge on any atom is -0.332 e. The van der Waals surface area contributed by atoms with Crippen LogP contribution >= 0.6 is 28.1 Å². The van der Waals surface area contributed by atoms with Crippen molar-refractivity contribution >= 4 is 56.4 Å². The molecule has 0 spiro atoms. The number of benzene rings is 3. The number of amides is 2. The topological polar surface area (TPSA) is 70.2 Å². The van der Waals surface area contributed by atoms with E-state index in [4.69, 9.17) is 12.2 Å². The zero-order chi connectivity index (χ0) is 20.8. The molecule has 29 heavy (non-hydrogen) atoms. The van der Waals surface area contributed by atoms with Gasteiger partial charge in [-0.2, -0.15) is 0 Å². The van der Waals surface area contributed by atoms with Gasteiger partial charge >= 0.3 is 0 Å². The van der Waals surface area contributed by atoms with Crippen LogP contribution in [0.5, 0.6) is 0 Å². The Labute approximate surface area is 180 Å². The summed E-state index contributed by atoms with van der Waals surface area (Å²) in [6.45, 7) is 0. The Hall–Kier alpha value is -3.10. The molecule has 2 amide bonds. The van der Waals surface area contributed by atoms with E-state index < -0.39 is 0 Å². The predicted molar refractivity (Wildman–Crippen MR) is 119 cm³/mol. The van der Waals surface area contributed by atoms with Crippen LogP contribution in [0.15, 0.2) is 77.3 Å². The summed E-state index contributed by atoms with van der Waals surface area (Å²) in [7, 11) is 0. The molecule has 0 aliphatic carbocycles. The van der Waals surface area contributed by atoms with E-state index in [-0.39, 0.29) is 22.7 Å². The summed E-state index contributed by atoms with van der Waals surface area (Å²) in [5.74, 6) is -1.09. The van der Waals surface area contributed by atoms with E-state index in [1.54, 1.807) is 48.5 Å². The minimum atomic E-state index is -0.382. The Kier molecular flexibility index (Phi) is 6.69. The summed E-state index contributed by atoms with van der Waals surface area (Å²) < 4.78 is 13.8. The van der Waals surface area contributed by atoms with Gasteiger partial charge in [-0.15, -0.1) is 0 Å². The molecule has 0 unspecified atom stereocenters. The second-order valence-corrected chi connectivity index (χ2v) is 7.28. The molecule has 0 radical (unpaired) electrons. The standard InChI is InChI=1S/C21H15BrFN3O2S/c22-15-6-4-13(5-7-15)19(27)26-21(29)25-18-3-1-2-14(12-18)20(28)24-17-10-8-16(23)9-11-17/h1-12H,(H,24,28)(H2,25,26,27,29). The Morgan fingerprint density at radius 2 is 1.48 bits per heavy atom. The predicted octanol–water partition coefficient (Wildman–Crippen LogP) is 4.97. The first-order valence-electron chi connectivity index (χ1n) is 8.45. The third-order valence-corrected chi connectivity index (χ3v) is 4.55. The molecular weight excluding hydrogens is 457 g/mol. The highest BCUT2D eigenvalue weighted by Gasteiger charge is 2.10. The van der Waals surface area contributed by atoms with Crippen LogP contribution in [-0.2, 0) is 0 Å². The van der Waals surface area contributed by atoms with Crippen LogP contribution in [0.4, 0.5) is 15.8 Å². The Morgan fingerprint density at radius 3 is 2.17 bits per heavy atom. The van der Waals surface area contributed by atoms with Gasteiger partial charge in [0.15, 0.2) is 5.11 Å². The summed E-state index contributed by atoms with van der Waals surface area (Å²) in [5, 5.41) is 8.26. The lowest BCUT2D eigenvalue weighted by molar-refractivity contribution is 0.0976. The van der Waals surface area contributed by atoms with Crippen molar-refractivity contribution in [2.75, 3.05) is 10.6 Å². The van der Waals surface area contributed by atoms with Crippen molar-refractivity contribution in [2.24, 2.45) is 0 Å². The summed E-state index contributed by atoms with van der Waals surface area (Å²) >= 11 is 8.49. The zero-order valence-corrected chi connectivity index (χ0v) is 17.3. The molecule has 0 saturated heterocycles. The van der Waals surface area contributed by atoms with Crippen LogP contribution < -0.4 is 16.0 Å². The molecule has 0 bridgehead atoms. The Balaban J connectivity index is 1.62. The first kappa shape index (κ1) is 20.6. The second-order valence-electron chi connectivity index (χ2n) is 5.96. The average molecular weight is 472 g/mol. The summed E-state index contributed by atoms with van der Waals surface area (Å²) in [6.07, 6.45) is 0. The number of thiocarbonyl (C=S) groups is 1. The normalized spacial score (nSPS) is 10.1. The summed E-state index contributed by atoms with van der Waals surface area (Å²) in [5.41, 5.74) is 1.86. The van der Waals surface area contributed by atoms with E-state index in [1.165, 1.54) is 24.3 Å². The maximum atomic E-state index is 13.0. The molecule has 0 aliphatic rings. The molecule has 0 fully saturated rings. The van der Waals surface area contributed by atoms with Crippen molar-refractivity contribution in [1.29, 1.82) is 0 Å². The molecule has 3 aromatic carbocycles. The van der Waals surface area contributed by atoms with Crippen molar-refractivity contribution in [3.05, 3.63) is 94.2 Å². The third kappa shape index (κ3) is 5.94. The molecule has 3 rings (SSSR count). The lowest BCUT2D eigenvalue weighted by Gasteiger charge is -2.11. The van der Waals surface area contributed by atoms with Crippen LogP contribution in [0.25, 0.3) is 0 Å². The number of anilines is 2. The van der Waals surface area contributed by atoms with Crippen LogP contribution in [0.3, 0.4) is 0 Å². The molecule has 0 heterocycles. The number of hydrogen-bond donors (Lipinski definition) is 3. The van der Waals surface area contributed by atoms with Crippen molar-refractivity contribution in [2.45, 2.75) is 0 Å². The molecule has 0 saturated carbocycles. The number of hydrogen-bond acceptors (Lipinski definition) is 3. The number of carbonyl (C=O) groups is 2. The van der Waals surface area contributed by atoms with Crippen LogP contribution in [0.1, 0.15) is 20.7 Å². The van der Waals surface area contributed by atoms with Crippen LogP contribution in [0, 0.1) is 5.82 Å². The van der Waals surface area contributed by atoms with E-state index in [1.807, 2.05) is 0 Å². The first-order valence-corrected chi connectivity index (χ1v) is 9.66. The fraction of sp³-hybridized carbons (Fsp3) is 0. The maximum absolute atomic E-state index is 13.0. The van der Waals surface area contributed by atoms with Gasteiger partial charge in [0.1, 0.15) is 5.82 Å². The quantitative estimate of drug-likeness (QED) is 0.470. The zero-order valence-electron chi connectivity index (χ0n) is 14.9. The fourth-order valence-corrected chi connectivity index (χ4v) is 2.89. The van der Waals surface area contributed by atoms with Gasteiger partial charge in [-0.25, -0.2) is 4.39 Å². The van der Waals surface area contributed by atoms with Gasteiger partial charge in [-0.3, -0.25) is 14.9 Å². The van der Waals surface area contributed by atoms with E-state index in [0.29, 0.717) is 22.5 Å². The largest absolute Gasteiger partial charge is 0.332 e. The van der Waals surface area contributed by atoms with Crippen LogP contribution in [0.2, 0.25) is 0 Å². The highest BCUT2D eigenvalue weighted by atomic mass is 79.9. The number of halogens is 2. The second kappa shape index (κ2) is 9.40. The fourth-order valence-electron chi connectivity index (χ4n) is 2.41. The number of nitrogens with one attached hydrogen (secondary N) is 3. The highest BCUT2D eigenvalue weighted by Crippen LogP contribution is 2.15. The molecule has 5 nitrogen and oxygen atoms in total. The lowest BCUT2D eigenvalue weighted by Crippen LogP contribution is -2.34. The molecule has 0 atom stereocenters. The number of rotatable bonds is 4. The molecule has 146 valence electrons. The number of carbonyl (C=O) groups excluding carboxylic acids is 2. The summed E-state index contributed by atoms with van der Waals surface area (Å²) in [4.78, 5) is 24.6. The van der Waals surface area contributed by atoms with Gasteiger partial charge in [0.2, 0.25) is 0 Å². The van der Waals surface area contributed by atoms with E-state index >= 15 is 0 Å². The van der Waals surface area contributed by atoms with Crippen molar-refractivity contribution in [3.63, 3.8) is 0 Å². The van der Waals surface area contributed by atoms with E-state index in [9.17, 15) is 14.0 Å². The monoisotopic (exact) mass is 471 g/mol. The van der Waals surface area contributed by atoms with Crippen molar-refractivity contribution < 1.29 is 14.0 Å². The molecular formula is C21H15BrFN3O2S. The average Bonchev–Trinajstić information content (AvgIpc) is 2.70. The lowest BCUT2D eigenvalue weighted by atomic mass is 10.2. The smallest absolute Gasteiger partial charge is 0.257 e. The van der Waals surface area contributed by atoms with E-state index in [2.05, 4.69) is 31.9 Å². The van der Waals surface area contributed by atoms with Gasteiger partial charge in [0.25, 0.3) is 11.8 Å². The van der Waals surface area contributed by atoms with Gasteiger partial charge in [0, 0.05) is 27.0 Å². The van der Waals surface area contributed by atoms with Crippen molar-refractivity contribution in [3.8, 4) is 0 Å². The Bertz CT molecular complexity index is 1060. The molecule has 3 N–H and O–H groups in total. The highest BCUT2D eigenvalue weighted by molar-refractivity contribution is 9.10. The van der Waals surface area contributed by atoms with Gasteiger partial charge in [-0.05, 0) is 78.9 Å². The van der Waals surface area contributed by atoms with Crippen molar-refractivity contribution in [1.82, 2.24) is 5.32 Å². The van der Waals surface area contributed by atoms with Gasteiger partial charge in [0.05, 0.1) is 0 Å². The Morgan fingerprint density at radius 1 is 0.793 bits per heavy atom.